The molecule has 6 nitrogen and oxygen atoms in total. The van der Waals surface area contributed by atoms with Gasteiger partial charge in [0, 0.05) is 31.9 Å². The molecule has 3 N–H and O–H groups in total. The van der Waals surface area contributed by atoms with Crippen molar-refractivity contribution < 1.29 is 18.1 Å². The first-order valence-electron chi connectivity index (χ1n) is 7.47. The minimum absolute atomic E-state index is 0.135. The van der Waals surface area contributed by atoms with Crippen molar-refractivity contribution in [3.05, 3.63) is 0 Å². The van der Waals surface area contributed by atoms with Gasteiger partial charge in [0.25, 0.3) is 0 Å². The highest BCUT2D eigenvalue weighted by molar-refractivity contribution is 6.60. The van der Waals surface area contributed by atoms with E-state index in [1.165, 1.54) is 0 Å². The summed E-state index contributed by atoms with van der Waals surface area (Å²) < 4.78 is 17.8. The second-order valence-electron chi connectivity index (χ2n) is 4.84. The van der Waals surface area contributed by atoms with Gasteiger partial charge in [-0.15, -0.1) is 0 Å². The summed E-state index contributed by atoms with van der Waals surface area (Å²) in [6.07, 6.45) is 2.70. The molecule has 0 spiro atoms. The van der Waals surface area contributed by atoms with Crippen LogP contribution in [0.1, 0.15) is 47.0 Å². The highest BCUT2D eigenvalue weighted by Crippen LogP contribution is 2.19. The number of carbonyl (C=O) groups excluding carboxylic acids is 1. The lowest BCUT2D eigenvalue weighted by molar-refractivity contribution is 0.0575. The van der Waals surface area contributed by atoms with E-state index in [0.29, 0.717) is 25.9 Å². The van der Waals surface area contributed by atoms with Gasteiger partial charge in [0.1, 0.15) is 0 Å². The number of carbonyl (C=O) groups is 1. The lowest BCUT2D eigenvalue weighted by Gasteiger charge is -2.31. The molecule has 0 heterocycles. The first-order valence-corrected chi connectivity index (χ1v) is 9.40. The number of rotatable bonds is 12. The summed E-state index contributed by atoms with van der Waals surface area (Å²) in [6.45, 7) is 9.82. The predicted molar refractivity (Wildman–Crippen MR) is 81.5 cm³/mol. The van der Waals surface area contributed by atoms with Crippen LogP contribution in [0.5, 0.6) is 0 Å². The zero-order valence-corrected chi connectivity index (χ0v) is 14.2. The van der Waals surface area contributed by atoms with Crippen molar-refractivity contribution in [3.8, 4) is 0 Å². The Hall–Kier alpha value is -0.633. The maximum absolute atomic E-state index is 10.9. The Kier molecular flexibility index (Phi) is 10.7. The van der Waals surface area contributed by atoms with Gasteiger partial charge in [0.15, 0.2) is 0 Å². The second-order valence-corrected chi connectivity index (χ2v) is 7.48. The Morgan fingerprint density at radius 3 is 1.75 bits per heavy atom. The highest BCUT2D eigenvalue weighted by Gasteiger charge is 2.42. The average Bonchev–Trinajstić information content (AvgIpc) is 2.39. The van der Waals surface area contributed by atoms with Gasteiger partial charge in [-0.2, -0.15) is 0 Å². The quantitative estimate of drug-likeness (QED) is 0.542. The van der Waals surface area contributed by atoms with Crippen LogP contribution in [-0.4, -0.2) is 40.7 Å². The molecule has 2 amide bonds. The summed E-state index contributed by atoms with van der Waals surface area (Å²) in [6, 6.07) is -0.137. The first kappa shape index (κ1) is 19.4. The SMILES string of the molecule is CCCO[Si](CC(C)NC(N)=O)(OCCC)OCCC. The second kappa shape index (κ2) is 11.1. The van der Waals surface area contributed by atoms with E-state index in [0.717, 1.165) is 19.3 Å². The zero-order chi connectivity index (χ0) is 15.4. The van der Waals surface area contributed by atoms with Gasteiger partial charge < -0.3 is 24.3 Å². The van der Waals surface area contributed by atoms with E-state index in [2.05, 4.69) is 5.32 Å². The molecule has 0 saturated heterocycles. The smallest absolute Gasteiger partial charge is 0.373 e. The van der Waals surface area contributed by atoms with E-state index in [4.69, 9.17) is 19.0 Å². The molecule has 0 aromatic heterocycles. The molecule has 0 radical (unpaired) electrons. The minimum atomic E-state index is -2.76. The van der Waals surface area contributed by atoms with Gasteiger partial charge in [-0.1, -0.05) is 20.8 Å². The molecule has 0 fully saturated rings. The molecular formula is C13H30N2O4Si. The van der Waals surface area contributed by atoms with E-state index >= 15 is 0 Å². The normalized spacial score (nSPS) is 13.2. The number of hydrogen-bond donors (Lipinski definition) is 2. The predicted octanol–water partition coefficient (Wildman–Crippen LogP) is 2.26. The minimum Gasteiger partial charge on any atom is -0.373 e. The summed E-state index contributed by atoms with van der Waals surface area (Å²) in [5, 5.41) is 2.66. The number of nitrogens with one attached hydrogen (secondary N) is 1. The molecule has 0 rings (SSSR count). The van der Waals surface area contributed by atoms with Crippen LogP contribution >= 0.6 is 0 Å². The summed E-state index contributed by atoms with van der Waals surface area (Å²) in [4.78, 5) is 10.9. The summed E-state index contributed by atoms with van der Waals surface area (Å²) in [5.74, 6) is 0. The number of amides is 2. The summed E-state index contributed by atoms with van der Waals surface area (Å²) >= 11 is 0. The van der Waals surface area contributed by atoms with Gasteiger partial charge >= 0.3 is 14.8 Å². The number of nitrogens with two attached hydrogens (primary N) is 1. The largest absolute Gasteiger partial charge is 0.503 e. The van der Waals surface area contributed by atoms with Crippen LogP contribution in [0.4, 0.5) is 4.79 Å². The molecule has 120 valence electrons. The molecule has 1 unspecified atom stereocenters. The van der Waals surface area contributed by atoms with Crippen molar-refractivity contribution >= 4 is 14.8 Å². The van der Waals surface area contributed by atoms with E-state index in [-0.39, 0.29) is 6.04 Å². The van der Waals surface area contributed by atoms with Crippen LogP contribution in [0.15, 0.2) is 0 Å². The molecule has 7 heteroatoms. The maximum Gasteiger partial charge on any atom is 0.503 e. The Bertz CT molecular complexity index is 245. The maximum atomic E-state index is 10.9. The van der Waals surface area contributed by atoms with Gasteiger partial charge in [0.2, 0.25) is 0 Å². The first-order chi connectivity index (χ1) is 9.49. The van der Waals surface area contributed by atoms with Crippen molar-refractivity contribution in [2.75, 3.05) is 19.8 Å². The average molecular weight is 306 g/mol. The molecule has 0 aliphatic heterocycles. The molecule has 20 heavy (non-hydrogen) atoms. The Morgan fingerprint density at radius 1 is 1.05 bits per heavy atom. The van der Waals surface area contributed by atoms with Crippen molar-refractivity contribution in [3.63, 3.8) is 0 Å². The fourth-order valence-electron chi connectivity index (χ4n) is 1.74. The standard InChI is InChI=1S/C13H30N2O4Si/c1-5-8-17-20(18-9-6-2,19-10-7-3)11-12(4)15-13(14)16/h12H,5-11H2,1-4H3,(H3,14,15,16). The molecule has 0 aliphatic carbocycles. The van der Waals surface area contributed by atoms with Crippen molar-refractivity contribution in [2.45, 2.75) is 59.0 Å². The fraction of sp³-hybridized carbons (Fsp3) is 0.923. The van der Waals surface area contributed by atoms with E-state index in [1.807, 2.05) is 27.7 Å². The van der Waals surface area contributed by atoms with Gasteiger partial charge in [-0.05, 0) is 26.2 Å². The third-order valence-corrected chi connectivity index (χ3v) is 5.57. The molecular weight excluding hydrogens is 276 g/mol. The number of hydrogen-bond acceptors (Lipinski definition) is 4. The van der Waals surface area contributed by atoms with Crippen molar-refractivity contribution in [2.24, 2.45) is 5.73 Å². The van der Waals surface area contributed by atoms with E-state index < -0.39 is 14.8 Å². The zero-order valence-electron chi connectivity index (χ0n) is 13.2. The Morgan fingerprint density at radius 2 is 1.45 bits per heavy atom. The van der Waals surface area contributed by atoms with Crippen LogP contribution in [0, 0.1) is 0 Å². The third kappa shape index (κ3) is 8.52. The van der Waals surface area contributed by atoms with Crippen LogP contribution < -0.4 is 11.1 Å². The summed E-state index contributed by atoms with van der Waals surface area (Å²) in [5.41, 5.74) is 5.16. The molecule has 1 atom stereocenters. The van der Waals surface area contributed by atoms with E-state index in [9.17, 15) is 4.79 Å². The van der Waals surface area contributed by atoms with Gasteiger partial charge in [-0.3, -0.25) is 0 Å². The summed E-state index contributed by atoms with van der Waals surface area (Å²) in [7, 11) is -2.76. The van der Waals surface area contributed by atoms with Crippen LogP contribution in [0.25, 0.3) is 0 Å². The monoisotopic (exact) mass is 306 g/mol. The van der Waals surface area contributed by atoms with Crippen LogP contribution in [0.3, 0.4) is 0 Å². The van der Waals surface area contributed by atoms with Crippen molar-refractivity contribution in [1.29, 1.82) is 0 Å². The lowest BCUT2D eigenvalue weighted by Crippen LogP contribution is -2.52. The van der Waals surface area contributed by atoms with Gasteiger partial charge in [0.05, 0.1) is 0 Å². The van der Waals surface area contributed by atoms with E-state index in [1.54, 1.807) is 0 Å². The highest BCUT2D eigenvalue weighted by atomic mass is 28.4. The number of primary amides is 1. The fourth-order valence-corrected chi connectivity index (χ4v) is 4.74. The van der Waals surface area contributed by atoms with Crippen LogP contribution in [-0.2, 0) is 13.3 Å². The molecule has 0 aliphatic rings. The molecule has 0 bridgehead atoms. The topological polar surface area (TPSA) is 82.8 Å². The molecule has 0 aromatic carbocycles. The molecule has 0 saturated carbocycles. The number of urea groups is 1. The third-order valence-electron chi connectivity index (χ3n) is 2.52. The lowest BCUT2D eigenvalue weighted by atomic mass is 10.4. The van der Waals surface area contributed by atoms with Gasteiger partial charge in [-0.25, -0.2) is 4.79 Å². The molecule has 0 aromatic rings. The van der Waals surface area contributed by atoms with Crippen molar-refractivity contribution in [1.82, 2.24) is 5.32 Å². The Labute approximate surface area is 123 Å². The van der Waals surface area contributed by atoms with Crippen LogP contribution in [0.2, 0.25) is 6.04 Å². The Balaban J connectivity index is 4.77.